The highest BCUT2D eigenvalue weighted by Gasteiger charge is 2.11. The number of rotatable bonds is 3. The van der Waals surface area contributed by atoms with Crippen molar-refractivity contribution in [1.82, 2.24) is 9.55 Å². The van der Waals surface area contributed by atoms with E-state index in [1.807, 2.05) is 56.3 Å². The molecule has 122 valence electrons. The molecule has 0 aliphatic heterocycles. The molecule has 0 radical (unpaired) electrons. The lowest BCUT2D eigenvalue weighted by atomic mass is 10.2. The van der Waals surface area contributed by atoms with Crippen LogP contribution in [0.1, 0.15) is 24.3 Å². The smallest absolute Gasteiger partial charge is 0.282 e. The van der Waals surface area contributed by atoms with Gasteiger partial charge < -0.3 is 4.74 Å². The highest BCUT2D eigenvalue weighted by molar-refractivity contribution is 5.96. The Bertz CT molecular complexity index is 958. The van der Waals surface area contributed by atoms with Crippen LogP contribution in [-0.4, -0.2) is 28.6 Å². The molecule has 3 rings (SSSR count). The zero-order valence-electron chi connectivity index (χ0n) is 13.9. The Kier molecular flexibility index (Phi) is 4.42. The lowest BCUT2D eigenvalue weighted by Crippen LogP contribution is -2.28. The van der Waals surface area contributed by atoms with Gasteiger partial charge in [-0.1, -0.05) is 12.1 Å². The monoisotopic (exact) mass is 321 g/mol. The van der Waals surface area contributed by atoms with E-state index in [1.54, 1.807) is 19.4 Å². The summed E-state index contributed by atoms with van der Waals surface area (Å²) in [6.07, 6.45) is 1.71. The molecule has 1 aromatic carbocycles. The van der Waals surface area contributed by atoms with Gasteiger partial charge in [-0.3, -0.25) is 14.4 Å². The zero-order chi connectivity index (χ0) is 17.1. The van der Waals surface area contributed by atoms with Crippen molar-refractivity contribution in [1.29, 1.82) is 0 Å². The largest absolute Gasteiger partial charge is 0.497 e. The van der Waals surface area contributed by atoms with Crippen molar-refractivity contribution in [3.63, 3.8) is 0 Å². The van der Waals surface area contributed by atoms with Gasteiger partial charge in [0.05, 0.1) is 12.6 Å². The molecule has 0 spiro atoms. The fourth-order valence-corrected chi connectivity index (χ4v) is 2.45. The van der Waals surface area contributed by atoms with E-state index < -0.39 is 0 Å². The number of aromatic nitrogens is 2. The number of fused-ring (bicyclic) bond motifs is 1. The van der Waals surface area contributed by atoms with Crippen LogP contribution in [0.3, 0.4) is 0 Å². The van der Waals surface area contributed by atoms with E-state index in [1.165, 1.54) is 4.57 Å². The molecule has 3 aromatic rings. The minimum Gasteiger partial charge on any atom is -0.497 e. The maximum absolute atomic E-state index is 12.8. The van der Waals surface area contributed by atoms with Crippen LogP contribution in [0.4, 0.5) is 0 Å². The van der Waals surface area contributed by atoms with Gasteiger partial charge in [0.2, 0.25) is 0 Å². The SMILES string of the molecule is COc1ccc2nc(C(=O)n3ccccc3=NC(C)C)ccc2c1. The second-order valence-electron chi connectivity index (χ2n) is 5.71. The minimum absolute atomic E-state index is 0.100. The predicted molar refractivity (Wildman–Crippen MR) is 93.2 cm³/mol. The van der Waals surface area contributed by atoms with Crippen LogP contribution in [0.15, 0.2) is 59.7 Å². The Hall–Kier alpha value is -2.95. The van der Waals surface area contributed by atoms with Crippen LogP contribution < -0.4 is 10.2 Å². The standard InChI is InChI=1S/C19H19N3O2/c1-13(2)20-18-6-4-5-11-22(18)19(23)17-9-7-14-12-15(24-3)8-10-16(14)21-17/h4-13H,1-3H3. The molecule has 2 heterocycles. The molecule has 0 saturated heterocycles. The van der Waals surface area contributed by atoms with Crippen molar-refractivity contribution in [2.45, 2.75) is 19.9 Å². The number of hydrogen-bond acceptors (Lipinski definition) is 4. The molecule has 5 nitrogen and oxygen atoms in total. The summed E-state index contributed by atoms with van der Waals surface area (Å²) in [6, 6.07) is 14.8. The topological polar surface area (TPSA) is 56.5 Å². The first-order chi connectivity index (χ1) is 11.6. The summed E-state index contributed by atoms with van der Waals surface area (Å²) >= 11 is 0. The summed E-state index contributed by atoms with van der Waals surface area (Å²) in [7, 11) is 1.62. The Morgan fingerprint density at radius 3 is 2.75 bits per heavy atom. The van der Waals surface area contributed by atoms with Crippen molar-refractivity contribution in [3.8, 4) is 5.75 Å². The lowest BCUT2D eigenvalue weighted by Gasteiger charge is -2.08. The highest BCUT2D eigenvalue weighted by atomic mass is 16.5. The van der Waals surface area contributed by atoms with Gasteiger partial charge in [0.1, 0.15) is 16.9 Å². The van der Waals surface area contributed by atoms with E-state index in [4.69, 9.17) is 4.74 Å². The summed E-state index contributed by atoms with van der Waals surface area (Å²) in [5.41, 5.74) is 1.75. The molecular formula is C19H19N3O2. The van der Waals surface area contributed by atoms with Crippen molar-refractivity contribution in [3.05, 3.63) is 65.9 Å². The number of hydrogen-bond donors (Lipinski definition) is 0. The third-order valence-corrected chi connectivity index (χ3v) is 3.56. The Labute approximate surface area is 140 Å². The number of nitrogens with zero attached hydrogens (tertiary/aromatic N) is 3. The normalized spacial score (nSPS) is 11.9. The third kappa shape index (κ3) is 3.20. The number of methoxy groups -OCH3 is 1. The van der Waals surface area contributed by atoms with Crippen LogP contribution in [0, 0.1) is 0 Å². The fraction of sp³-hybridized carbons (Fsp3) is 0.211. The van der Waals surface area contributed by atoms with Gasteiger partial charge in [-0.15, -0.1) is 0 Å². The molecule has 0 atom stereocenters. The van der Waals surface area contributed by atoms with Gasteiger partial charge in [-0.25, -0.2) is 4.98 Å². The number of benzene rings is 1. The summed E-state index contributed by atoms with van der Waals surface area (Å²) in [4.78, 5) is 21.8. The van der Waals surface area contributed by atoms with Crippen LogP contribution in [0.25, 0.3) is 10.9 Å². The molecule has 0 amide bonds. The van der Waals surface area contributed by atoms with E-state index in [0.29, 0.717) is 11.2 Å². The van der Waals surface area contributed by atoms with Crippen molar-refractivity contribution in [2.24, 2.45) is 4.99 Å². The van der Waals surface area contributed by atoms with E-state index in [9.17, 15) is 4.79 Å². The van der Waals surface area contributed by atoms with Crippen molar-refractivity contribution < 1.29 is 9.53 Å². The molecule has 0 bridgehead atoms. The molecule has 0 unspecified atom stereocenters. The lowest BCUT2D eigenvalue weighted by molar-refractivity contribution is 0.0950. The summed E-state index contributed by atoms with van der Waals surface area (Å²) in [5, 5.41) is 0.927. The fourth-order valence-electron chi connectivity index (χ4n) is 2.45. The number of carbonyl (C=O) groups excluding carboxylic acids is 1. The highest BCUT2D eigenvalue weighted by Crippen LogP contribution is 2.19. The predicted octanol–water partition coefficient (Wildman–Crippen LogP) is 3.04. The van der Waals surface area contributed by atoms with E-state index in [2.05, 4.69) is 9.98 Å². The summed E-state index contributed by atoms with van der Waals surface area (Å²) in [6.45, 7) is 3.95. The van der Waals surface area contributed by atoms with Crippen LogP contribution in [-0.2, 0) is 0 Å². The van der Waals surface area contributed by atoms with Gasteiger partial charge in [0, 0.05) is 17.6 Å². The molecule has 0 N–H and O–H groups in total. The Morgan fingerprint density at radius 2 is 2.00 bits per heavy atom. The number of pyridine rings is 2. The maximum atomic E-state index is 12.8. The molecular weight excluding hydrogens is 302 g/mol. The quantitative estimate of drug-likeness (QED) is 0.745. The molecule has 0 aliphatic rings. The van der Waals surface area contributed by atoms with E-state index in [0.717, 1.165) is 16.7 Å². The average molecular weight is 321 g/mol. The first kappa shape index (κ1) is 15.9. The average Bonchev–Trinajstić information content (AvgIpc) is 2.60. The van der Waals surface area contributed by atoms with E-state index in [-0.39, 0.29) is 11.9 Å². The van der Waals surface area contributed by atoms with Gasteiger partial charge >= 0.3 is 0 Å². The van der Waals surface area contributed by atoms with Crippen LogP contribution in [0.5, 0.6) is 5.75 Å². The summed E-state index contributed by atoms with van der Waals surface area (Å²) < 4.78 is 6.74. The molecule has 2 aromatic heterocycles. The first-order valence-electron chi connectivity index (χ1n) is 7.79. The van der Waals surface area contributed by atoms with Crippen molar-refractivity contribution in [2.75, 3.05) is 7.11 Å². The second kappa shape index (κ2) is 6.66. The maximum Gasteiger partial charge on any atom is 0.282 e. The van der Waals surface area contributed by atoms with Crippen LogP contribution in [0.2, 0.25) is 0 Å². The number of carbonyl (C=O) groups is 1. The van der Waals surface area contributed by atoms with E-state index >= 15 is 0 Å². The van der Waals surface area contributed by atoms with Crippen LogP contribution >= 0.6 is 0 Å². The number of ether oxygens (including phenoxy) is 1. The molecule has 0 fully saturated rings. The Morgan fingerprint density at radius 1 is 1.17 bits per heavy atom. The van der Waals surface area contributed by atoms with Gasteiger partial charge in [0.25, 0.3) is 5.91 Å². The molecule has 24 heavy (non-hydrogen) atoms. The minimum atomic E-state index is -0.201. The summed E-state index contributed by atoms with van der Waals surface area (Å²) in [5.74, 6) is 0.562. The van der Waals surface area contributed by atoms with Gasteiger partial charge in [-0.05, 0) is 50.2 Å². The molecule has 0 saturated carbocycles. The van der Waals surface area contributed by atoms with Crippen molar-refractivity contribution >= 4 is 16.8 Å². The first-order valence-corrected chi connectivity index (χ1v) is 7.79. The zero-order valence-corrected chi connectivity index (χ0v) is 13.9. The van der Waals surface area contributed by atoms with Gasteiger partial charge in [-0.2, -0.15) is 0 Å². The molecule has 0 aliphatic carbocycles. The molecule has 5 heteroatoms. The third-order valence-electron chi connectivity index (χ3n) is 3.56. The second-order valence-corrected chi connectivity index (χ2v) is 5.71. The van der Waals surface area contributed by atoms with Gasteiger partial charge in [0.15, 0.2) is 0 Å². The Balaban J connectivity index is 2.06.